The van der Waals surface area contributed by atoms with E-state index in [0.717, 1.165) is 34.7 Å². The van der Waals surface area contributed by atoms with Crippen LogP contribution in [0.15, 0.2) is 35.7 Å². The van der Waals surface area contributed by atoms with Crippen LogP contribution in [0.1, 0.15) is 16.0 Å². The number of aryl methyl sites for hydroxylation is 1. The highest BCUT2D eigenvalue weighted by molar-refractivity contribution is 7.16. The Bertz CT molecular complexity index is 1120. The average molecular weight is 423 g/mol. The van der Waals surface area contributed by atoms with E-state index >= 15 is 0 Å². The molecule has 0 bridgehead atoms. The van der Waals surface area contributed by atoms with Crippen molar-refractivity contribution < 1.29 is 9.84 Å². The van der Waals surface area contributed by atoms with E-state index < -0.39 is 0 Å². The first-order chi connectivity index (χ1) is 14.5. The lowest BCUT2D eigenvalue weighted by Gasteiger charge is -2.13. The Morgan fingerprint density at radius 1 is 1.30 bits per heavy atom. The number of aromatic hydroxyl groups is 1. The predicted octanol–water partition coefficient (Wildman–Crippen LogP) is 3.89. The Morgan fingerprint density at radius 3 is 2.97 bits per heavy atom. The van der Waals surface area contributed by atoms with Crippen LogP contribution in [0.5, 0.6) is 11.6 Å². The molecular formula is C21H22N6O2S. The summed E-state index contributed by atoms with van der Waals surface area (Å²) in [7, 11) is 4.03. The molecule has 30 heavy (non-hydrogen) atoms. The van der Waals surface area contributed by atoms with Crippen molar-refractivity contribution in [3.63, 3.8) is 0 Å². The molecule has 9 heteroatoms. The number of rotatable bonds is 7. The maximum atomic E-state index is 10.3. The van der Waals surface area contributed by atoms with E-state index in [-0.39, 0.29) is 5.88 Å². The topological polar surface area (TPSA) is 95.8 Å². The number of allylic oxidation sites excluding steroid dienone is 1. The van der Waals surface area contributed by atoms with Crippen LogP contribution in [0.3, 0.4) is 0 Å². The fourth-order valence-electron chi connectivity index (χ4n) is 2.89. The van der Waals surface area contributed by atoms with E-state index in [4.69, 9.17) is 4.74 Å². The third-order valence-electron chi connectivity index (χ3n) is 4.50. The van der Waals surface area contributed by atoms with Gasteiger partial charge >= 0.3 is 0 Å². The van der Waals surface area contributed by atoms with Crippen molar-refractivity contribution in [2.24, 2.45) is 4.99 Å². The molecule has 0 aliphatic carbocycles. The van der Waals surface area contributed by atoms with Crippen molar-refractivity contribution >= 4 is 45.8 Å². The normalized spacial score (nSPS) is 13.8. The monoisotopic (exact) mass is 422 g/mol. The molecule has 0 atom stereocenters. The van der Waals surface area contributed by atoms with Crippen LogP contribution in [0, 0.1) is 6.92 Å². The molecule has 0 amide bonds. The van der Waals surface area contributed by atoms with Crippen LogP contribution < -0.4 is 10.1 Å². The Hall–Kier alpha value is -3.30. The van der Waals surface area contributed by atoms with Gasteiger partial charge in [0.15, 0.2) is 10.9 Å². The number of benzene rings is 1. The third kappa shape index (κ3) is 4.47. The van der Waals surface area contributed by atoms with E-state index in [1.807, 2.05) is 45.3 Å². The van der Waals surface area contributed by atoms with Crippen LogP contribution in [0.4, 0.5) is 16.6 Å². The molecule has 0 radical (unpaired) electrons. The lowest BCUT2D eigenvalue weighted by atomic mass is 10.1. The first-order valence-electron chi connectivity index (χ1n) is 9.41. The zero-order valence-corrected chi connectivity index (χ0v) is 17.8. The molecule has 2 aromatic heterocycles. The molecule has 3 heterocycles. The molecule has 3 aromatic rings. The molecule has 1 aliphatic heterocycles. The summed E-state index contributed by atoms with van der Waals surface area (Å²) in [6.45, 7) is 3.50. The Balaban J connectivity index is 1.48. The minimum absolute atomic E-state index is 0.0324. The number of thiazole rings is 1. The number of fused-ring (bicyclic) bond motifs is 1. The highest BCUT2D eigenvalue weighted by Crippen LogP contribution is 2.36. The first kappa shape index (κ1) is 20.0. The lowest BCUT2D eigenvalue weighted by molar-refractivity contribution is 0.261. The van der Waals surface area contributed by atoms with Gasteiger partial charge in [0.1, 0.15) is 18.7 Å². The van der Waals surface area contributed by atoms with E-state index in [9.17, 15) is 5.11 Å². The molecule has 8 nitrogen and oxygen atoms in total. The second kappa shape index (κ2) is 8.60. The fraction of sp³-hybridized carbons (Fsp3) is 0.238. The van der Waals surface area contributed by atoms with Gasteiger partial charge in [0.05, 0.1) is 4.88 Å². The molecule has 0 saturated heterocycles. The second-order valence-corrected chi connectivity index (χ2v) is 8.11. The van der Waals surface area contributed by atoms with Crippen molar-refractivity contribution in [3.8, 4) is 11.6 Å². The number of anilines is 2. The summed E-state index contributed by atoms with van der Waals surface area (Å²) in [6, 6.07) is 5.86. The van der Waals surface area contributed by atoms with Gasteiger partial charge in [-0.05, 0) is 50.9 Å². The molecule has 0 unspecified atom stereocenters. The molecule has 0 saturated carbocycles. The van der Waals surface area contributed by atoms with Crippen LogP contribution in [-0.2, 0) is 0 Å². The van der Waals surface area contributed by atoms with Crippen molar-refractivity contribution in [1.82, 2.24) is 19.9 Å². The number of ether oxygens (including phenoxy) is 1. The Labute approximate surface area is 178 Å². The summed E-state index contributed by atoms with van der Waals surface area (Å²) in [4.78, 5) is 19.4. The Morgan fingerprint density at radius 2 is 2.17 bits per heavy atom. The SMILES string of the molecule is Cc1cc(OCCN(C)C)ccc1Nc1nc(O)c(C=C2C=Nc3ncncc32)s1. The fourth-order valence-corrected chi connectivity index (χ4v) is 3.71. The molecule has 1 aliphatic rings. The van der Waals surface area contributed by atoms with Crippen molar-refractivity contribution in [2.45, 2.75) is 6.92 Å². The quantitative estimate of drug-likeness (QED) is 0.596. The van der Waals surface area contributed by atoms with E-state index in [2.05, 4.69) is 30.2 Å². The number of hydrogen-bond acceptors (Lipinski definition) is 9. The average Bonchev–Trinajstić information content (AvgIpc) is 3.27. The van der Waals surface area contributed by atoms with Gasteiger partial charge in [-0.1, -0.05) is 11.3 Å². The van der Waals surface area contributed by atoms with E-state index in [0.29, 0.717) is 22.4 Å². The molecular weight excluding hydrogens is 400 g/mol. The van der Waals surface area contributed by atoms with Gasteiger partial charge in [0, 0.05) is 35.8 Å². The zero-order chi connectivity index (χ0) is 21.1. The second-order valence-electron chi connectivity index (χ2n) is 7.08. The van der Waals surface area contributed by atoms with Crippen molar-refractivity contribution in [3.05, 3.63) is 46.7 Å². The van der Waals surface area contributed by atoms with Gasteiger partial charge in [-0.3, -0.25) is 0 Å². The van der Waals surface area contributed by atoms with Crippen LogP contribution in [0.2, 0.25) is 0 Å². The maximum Gasteiger partial charge on any atom is 0.231 e. The molecule has 0 fully saturated rings. The summed E-state index contributed by atoms with van der Waals surface area (Å²) in [5, 5.41) is 14.2. The maximum absolute atomic E-state index is 10.3. The van der Waals surface area contributed by atoms with Gasteiger partial charge in [0.25, 0.3) is 0 Å². The number of likely N-dealkylation sites (N-methyl/N-ethyl adjacent to an activating group) is 1. The zero-order valence-electron chi connectivity index (χ0n) is 17.0. The summed E-state index contributed by atoms with van der Waals surface area (Å²) in [5.74, 6) is 1.42. The molecule has 4 rings (SSSR count). The standard InChI is InChI=1S/C21H22N6O2S/c1-13-8-15(29-7-6-27(2)3)4-5-17(13)25-21-26-20(28)18(30-21)9-14-10-23-19-16(14)11-22-12-24-19/h4-5,8-12,28H,6-7H2,1-3H3,(H,25,26). The minimum Gasteiger partial charge on any atom is -0.492 e. The number of aliphatic imine (C=N–C) groups is 1. The lowest BCUT2D eigenvalue weighted by Crippen LogP contribution is -2.19. The largest absolute Gasteiger partial charge is 0.492 e. The van der Waals surface area contributed by atoms with Gasteiger partial charge in [-0.15, -0.1) is 0 Å². The van der Waals surface area contributed by atoms with Gasteiger partial charge < -0.3 is 20.1 Å². The first-order valence-corrected chi connectivity index (χ1v) is 10.2. The summed E-state index contributed by atoms with van der Waals surface area (Å²) < 4.78 is 5.78. The van der Waals surface area contributed by atoms with Crippen molar-refractivity contribution in [1.29, 1.82) is 0 Å². The minimum atomic E-state index is -0.0324. The molecule has 2 N–H and O–H groups in total. The summed E-state index contributed by atoms with van der Waals surface area (Å²) in [6.07, 6.45) is 6.73. The number of hydrogen-bond donors (Lipinski definition) is 2. The van der Waals surface area contributed by atoms with E-state index in [1.165, 1.54) is 17.7 Å². The van der Waals surface area contributed by atoms with Crippen molar-refractivity contribution in [2.75, 3.05) is 32.6 Å². The highest BCUT2D eigenvalue weighted by Gasteiger charge is 2.16. The van der Waals surface area contributed by atoms with Crippen LogP contribution in [0.25, 0.3) is 11.6 Å². The third-order valence-corrected chi connectivity index (χ3v) is 5.40. The number of nitrogens with zero attached hydrogens (tertiary/aromatic N) is 5. The predicted molar refractivity (Wildman–Crippen MR) is 120 cm³/mol. The van der Waals surface area contributed by atoms with Crippen LogP contribution >= 0.6 is 11.3 Å². The molecule has 154 valence electrons. The number of aromatic nitrogens is 3. The number of nitrogens with one attached hydrogen (secondary N) is 1. The van der Waals surface area contributed by atoms with Gasteiger partial charge in [-0.25, -0.2) is 15.0 Å². The molecule has 1 aromatic carbocycles. The summed E-state index contributed by atoms with van der Waals surface area (Å²) in [5.41, 5.74) is 3.61. The van der Waals surface area contributed by atoms with Gasteiger partial charge in [-0.2, -0.15) is 4.98 Å². The van der Waals surface area contributed by atoms with E-state index in [1.54, 1.807) is 12.4 Å². The van der Waals surface area contributed by atoms with Gasteiger partial charge in [0.2, 0.25) is 5.88 Å². The van der Waals surface area contributed by atoms with Crippen LogP contribution in [-0.4, -0.2) is 58.4 Å². The summed E-state index contributed by atoms with van der Waals surface area (Å²) >= 11 is 1.36. The highest BCUT2D eigenvalue weighted by atomic mass is 32.1. The Kier molecular flexibility index (Phi) is 5.73. The molecule has 0 spiro atoms. The smallest absolute Gasteiger partial charge is 0.231 e.